The molecule has 0 aliphatic heterocycles. The maximum Gasteiger partial charge on any atom is 0.307 e. The second kappa shape index (κ2) is 6.34. The number of aromatic nitrogens is 1. The average Bonchev–Trinajstić information content (AvgIpc) is 2.85. The summed E-state index contributed by atoms with van der Waals surface area (Å²) in [4.78, 5) is 9.77. The first kappa shape index (κ1) is 15.0. The van der Waals surface area contributed by atoms with Gasteiger partial charge in [-0.15, -0.1) is 0 Å². The number of nitro benzene ring substituents is 1. The maximum atomic E-state index is 13.6. The van der Waals surface area contributed by atoms with Crippen molar-refractivity contribution in [3.8, 4) is 0 Å². The molecule has 0 fully saturated rings. The van der Waals surface area contributed by atoms with Crippen molar-refractivity contribution in [1.82, 2.24) is 4.57 Å². The second-order valence-corrected chi connectivity index (χ2v) is 4.65. The van der Waals surface area contributed by atoms with E-state index in [0.717, 1.165) is 24.6 Å². The van der Waals surface area contributed by atoms with Gasteiger partial charge in [0.15, 0.2) is 0 Å². The van der Waals surface area contributed by atoms with Gasteiger partial charge in [-0.25, -0.2) is 4.39 Å². The molecule has 0 unspecified atom stereocenters. The molecule has 1 N–H and O–H groups in total. The summed E-state index contributed by atoms with van der Waals surface area (Å²) in [6.07, 6.45) is 4.82. The molecule has 21 heavy (non-hydrogen) atoms. The van der Waals surface area contributed by atoms with Crippen LogP contribution in [0.5, 0.6) is 0 Å². The van der Waals surface area contributed by atoms with Gasteiger partial charge in [0, 0.05) is 37.6 Å². The number of nitrogens with zero attached hydrogens (tertiary/aromatic N) is 2. The zero-order valence-corrected chi connectivity index (χ0v) is 11.5. The van der Waals surface area contributed by atoms with E-state index < -0.39 is 22.2 Å². The molecule has 1 aromatic carbocycles. The van der Waals surface area contributed by atoms with Gasteiger partial charge in [-0.05, 0) is 18.1 Å². The Kier molecular flexibility index (Phi) is 4.52. The van der Waals surface area contributed by atoms with Gasteiger partial charge in [-0.2, -0.15) is 4.39 Å². The van der Waals surface area contributed by atoms with E-state index in [1.165, 1.54) is 0 Å². The van der Waals surface area contributed by atoms with E-state index in [-0.39, 0.29) is 5.69 Å². The topological polar surface area (TPSA) is 60.1 Å². The van der Waals surface area contributed by atoms with Gasteiger partial charge in [-0.3, -0.25) is 10.1 Å². The number of halogens is 2. The Morgan fingerprint density at radius 3 is 2.76 bits per heavy atom. The fourth-order valence-electron chi connectivity index (χ4n) is 2.00. The first-order valence-corrected chi connectivity index (χ1v) is 6.53. The van der Waals surface area contributed by atoms with Crippen molar-refractivity contribution in [2.75, 3.05) is 5.32 Å². The molecule has 1 heterocycles. The molecule has 112 valence electrons. The fourth-order valence-corrected chi connectivity index (χ4v) is 2.00. The van der Waals surface area contributed by atoms with Gasteiger partial charge in [0.05, 0.1) is 10.6 Å². The zero-order valence-electron chi connectivity index (χ0n) is 11.5. The summed E-state index contributed by atoms with van der Waals surface area (Å²) < 4.78 is 28.8. The molecule has 0 aliphatic carbocycles. The highest BCUT2D eigenvalue weighted by atomic mass is 19.1. The van der Waals surface area contributed by atoms with E-state index in [4.69, 9.17) is 0 Å². The number of anilines is 1. The summed E-state index contributed by atoms with van der Waals surface area (Å²) in [5, 5.41) is 13.4. The number of nitrogens with one attached hydrogen (secondary N) is 1. The first-order chi connectivity index (χ1) is 10.0. The molecule has 0 bridgehead atoms. The van der Waals surface area contributed by atoms with Crippen molar-refractivity contribution < 1.29 is 13.7 Å². The molecule has 1 aromatic heterocycles. The molecule has 0 atom stereocenters. The Bertz CT molecular complexity index is 656. The van der Waals surface area contributed by atoms with Crippen LogP contribution >= 0.6 is 0 Å². The molecule has 0 amide bonds. The lowest BCUT2D eigenvalue weighted by molar-refractivity contribution is -0.387. The Morgan fingerprint density at radius 2 is 2.10 bits per heavy atom. The van der Waals surface area contributed by atoms with Crippen LogP contribution in [-0.4, -0.2) is 9.49 Å². The van der Waals surface area contributed by atoms with E-state index in [1.54, 1.807) is 0 Å². The molecule has 0 saturated heterocycles. The van der Waals surface area contributed by atoms with Crippen molar-refractivity contribution in [2.45, 2.75) is 26.4 Å². The highest BCUT2D eigenvalue weighted by Crippen LogP contribution is 2.25. The molecule has 0 spiro atoms. The van der Waals surface area contributed by atoms with Crippen molar-refractivity contribution in [3.63, 3.8) is 0 Å². The number of benzene rings is 1. The Balaban J connectivity index is 2.11. The molecule has 7 heteroatoms. The van der Waals surface area contributed by atoms with Crippen molar-refractivity contribution in [2.24, 2.45) is 0 Å². The monoisotopic (exact) mass is 295 g/mol. The lowest BCUT2D eigenvalue weighted by Crippen LogP contribution is -2.03. The largest absolute Gasteiger partial charge is 0.378 e. The molecule has 0 saturated carbocycles. The second-order valence-electron chi connectivity index (χ2n) is 4.65. The van der Waals surface area contributed by atoms with Crippen LogP contribution in [0.1, 0.15) is 18.9 Å². The van der Waals surface area contributed by atoms with Gasteiger partial charge in [-0.1, -0.05) is 6.92 Å². The SMILES string of the molecule is CCCn1ccc(CNc2cc([N+](=O)[O-])c(F)cc2F)c1. The predicted molar refractivity (Wildman–Crippen MR) is 75.1 cm³/mol. The molecular formula is C14H15F2N3O2. The van der Waals surface area contributed by atoms with Gasteiger partial charge < -0.3 is 9.88 Å². The Hall–Kier alpha value is -2.44. The Morgan fingerprint density at radius 1 is 1.33 bits per heavy atom. The smallest absolute Gasteiger partial charge is 0.307 e. The van der Waals surface area contributed by atoms with Crippen LogP contribution in [0.25, 0.3) is 0 Å². The van der Waals surface area contributed by atoms with Crippen molar-refractivity contribution in [1.29, 1.82) is 0 Å². The number of rotatable bonds is 6. The maximum absolute atomic E-state index is 13.6. The predicted octanol–water partition coefficient (Wildman–Crippen LogP) is 3.70. The van der Waals surface area contributed by atoms with E-state index in [1.807, 2.05) is 23.0 Å². The van der Waals surface area contributed by atoms with Gasteiger partial charge in [0.2, 0.25) is 5.82 Å². The third-order valence-electron chi connectivity index (χ3n) is 3.01. The standard InChI is InChI=1S/C14H15F2N3O2/c1-2-4-18-5-3-10(9-18)8-17-13-7-14(19(20)21)12(16)6-11(13)15/h3,5-7,9,17H,2,4,8H2,1H3. The van der Waals surface area contributed by atoms with Crippen LogP contribution in [0.4, 0.5) is 20.2 Å². The van der Waals surface area contributed by atoms with Crippen LogP contribution in [0, 0.1) is 21.7 Å². The quantitative estimate of drug-likeness (QED) is 0.653. The van der Waals surface area contributed by atoms with E-state index in [0.29, 0.717) is 12.6 Å². The van der Waals surface area contributed by atoms with Crippen LogP contribution in [0.15, 0.2) is 30.6 Å². The minimum absolute atomic E-state index is 0.0914. The summed E-state index contributed by atoms with van der Waals surface area (Å²) in [7, 11) is 0. The highest BCUT2D eigenvalue weighted by molar-refractivity contribution is 5.53. The van der Waals surface area contributed by atoms with E-state index >= 15 is 0 Å². The molecule has 0 aliphatic rings. The van der Waals surface area contributed by atoms with Crippen molar-refractivity contribution in [3.05, 3.63) is 57.9 Å². The van der Waals surface area contributed by atoms with Gasteiger partial charge in [0.25, 0.3) is 0 Å². The zero-order chi connectivity index (χ0) is 15.4. The number of nitro groups is 1. The lowest BCUT2D eigenvalue weighted by atomic mass is 10.2. The Labute approximate surface area is 120 Å². The van der Waals surface area contributed by atoms with Gasteiger partial charge in [0.1, 0.15) is 5.82 Å². The molecule has 0 radical (unpaired) electrons. The van der Waals surface area contributed by atoms with E-state index in [2.05, 4.69) is 12.2 Å². The lowest BCUT2D eigenvalue weighted by Gasteiger charge is -2.07. The third kappa shape index (κ3) is 3.56. The molecule has 2 rings (SSSR count). The fraction of sp³-hybridized carbons (Fsp3) is 0.286. The van der Waals surface area contributed by atoms with Crippen molar-refractivity contribution >= 4 is 11.4 Å². The summed E-state index contributed by atoms with van der Waals surface area (Å²) >= 11 is 0. The number of aryl methyl sites for hydroxylation is 1. The molecule has 5 nitrogen and oxygen atoms in total. The van der Waals surface area contributed by atoms with Crippen LogP contribution in [-0.2, 0) is 13.1 Å². The number of hydrogen-bond acceptors (Lipinski definition) is 3. The van der Waals surface area contributed by atoms with Crippen LogP contribution in [0.2, 0.25) is 0 Å². The molecule has 2 aromatic rings. The highest BCUT2D eigenvalue weighted by Gasteiger charge is 2.18. The summed E-state index contributed by atoms with van der Waals surface area (Å²) in [6.45, 7) is 3.25. The molecular weight excluding hydrogens is 280 g/mol. The van der Waals surface area contributed by atoms with Crippen LogP contribution < -0.4 is 5.32 Å². The van der Waals surface area contributed by atoms with E-state index in [9.17, 15) is 18.9 Å². The van der Waals surface area contributed by atoms with Gasteiger partial charge >= 0.3 is 5.69 Å². The number of hydrogen-bond donors (Lipinski definition) is 1. The summed E-state index contributed by atoms with van der Waals surface area (Å²) in [5.41, 5.74) is 0.0728. The third-order valence-corrected chi connectivity index (χ3v) is 3.01. The average molecular weight is 295 g/mol. The van der Waals surface area contributed by atoms with Crippen LogP contribution in [0.3, 0.4) is 0 Å². The summed E-state index contributed by atoms with van der Waals surface area (Å²) in [6, 6.07) is 3.26. The summed E-state index contributed by atoms with van der Waals surface area (Å²) in [5.74, 6) is -2.04. The minimum Gasteiger partial charge on any atom is -0.378 e. The first-order valence-electron chi connectivity index (χ1n) is 6.53. The normalized spacial score (nSPS) is 10.6. The minimum atomic E-state index is -1.18.